The normalized spacial score (nSPS) is 22.2. The van der Waals surface area contributed by atoms with Gasteiger partial charge < -0.3 is 0 Å². The molecule has 1 saturated carbocycles. The minimum atomic E-state index is -0.583. The number of benzene rings is 1. The largest absolute Gasteiger partial charge is 0.298 e. The molecule has 1 aromatic carbocycles. The summed E-state index contributed by atoms with van der Waals surface area (Å²) in [5.74, 6) is -0.625. The van der Waals surface area contributed by atoms with Gasteiger partial charge >= 0.3 is 0 Å². The third-order valence-corrected chi connectivity index (χ3v) is 4.42. The summed E-state index contributed by atoms with van der Waals surface area (Å²) in [7, 11) is 0. The highest BCUT2D eigenvalue weighted by atomic mass is 79.9. The van der Waals surface area contributed by atoms with Crippen molar-refractivity contribution in [2.75, 3.05) is 0 Å². The quantitative estimate of drug-likeness (QED) is 0.608. The van der Waals surface area contributed by atoms with E-state index >= 15 is 0 Å². The Morgan fingerprint density at radius 3 is 2.65 bits per heavy atom. The van der Waals surface area contributed by atoms with Crippen LogP contribution in [0.3, 0.4) is 0 Å². The van der Waals surface area contributed by atoms with E-state index in [0.717, 1.165) is 15.6 Å². The zero-order valence-corrected chi connectivity index (χ0v) is 13.7. The highest BCUT2D eigenvalue weighted by Crippen LogP contribution is 2.37. The fourth-order valence-corrected chi connectivity index (χ4v) is 3.35. The van der Waals surface area contributed by atoms with E-state index in [9.17, 15) is 9.59 Å². The molecule has 20 heavy (non-hydrogen) atoms. The first-order valence-electron chi connectivity index (χ1n) is 6.86. The van der Waals surface area contributed by atoms with E-state index in [1.807, 2.05) is 45.0 Å². The molecule has 0 bridgehead atoms. The van der Waals surface area contributed by atoms with Crippen LogP contribution in [-0.2, 0) is 9.59 Å². The van der Waals surface area contributed by atoms with Crippen molar-refractivity contribution in [1.82, 2.24) is 0 Å². The first kappa shape index (κ1) is 15.2. The molecule has 3 heteroatoms. The van der Waals surface area contributed by atoms with Gasteiger partial charge in [0, 0.05) is 16.8 Å². The van der Waals surface area contributed by atoms with Crippen LogP contribution in [0.4, 0.5) is 0 Å². The summed E-state index contributed by atoms with van der Waals surface area (Å²) in [4.78, 5) is 24.7. The maximum atomic E-state index is 12.5. The van der Waals surface area contributed by atoms with Crippen LogP contribution < -0.4 is 0 Å². The fraction of sp³-hybridized carbons (Fsp3) is 0.412. The molecule has 0 amide bonds. The summed E-state index contributed by atoms with van der Waals surface area (Å²) in [5.41, 5.74) is 3.11. The Labute approximate surface area is 128 Å². The number of carbonyl (C=O) groups excluding carboxylic acids is 2. The molecule has 106 valence electrons. The standard InChI is InChI=1S/C17H19BrO2/c1-10(2)4-6-12-9-15(19)16(17(12)20)13-7-5-11(3)8-14(13)18/h4-5,7-8,12,16H,6,9H2,1-3H3. The summed E-state index contributed by atoms with van der Waals surface area (Å²) < 4.78 is 0.854. The van der Waals surface area contributed by atoms with Gasteiger partial charge in [0.2, 0.25) is 0 Å². The Morgan fingerprint density at radius 1 is 1.35 bits per heavy atom. The van der Waals surface area contributed by atoms with E-state index in [1.165, 1.54) is 5.57 Å². The highest BCUT2D eigenvalue weighted by Gasteiger charge is 2.41. The van der Waals surface area contributed by atoms with Crippen molar-refractivity contribution in [3.63, 3.8) is 0 Å². The van der Waals surface area contributed by atoms with Crippen molar-refractivity contribution >= 4 is 27.5 Å². The monoisotopic (exact) mass is 334 g/mol. The number of hydrogen-bond acceptors (Lipinski definition) is 2. The van der Waals surface area contributed by atoms with Crippen LogP contribution in [0.5, 0.6) is 0 Å². The van der Waals surface area contributed by atoms with Crippen LogP contribution in [0.15, 0.2) is 34.3 Å². The SMILES string of the molecule is CC(C)=CCC1CC(=O)C(c2ccc(C)cc2Br)C1=O. The Morgan fingerprint density at radius 2 is 2.05 bits per heavy atom. The second kappa shape index (κ2) is 6.04. The van der Waals surface area contributed by atoms with Gasteiger partial charge in [0.25, 0.3) is 0 Å². The highest BCUT2D eigenvalue weighted by molar-refractivity contribution is 9.10. The van der Waals surface area contributed by atoms with Crippen molar-refractivity contribution < 1.29 is 9.59 Å². The van der Waals surface area contributed by atoms with Gasteiger partial charge in [0.05, 0.1) is 0 Å². The molecule has 0 radical (unpaired) electrons. The van der Waals surface area contributed by atoms with Crippen LogP contribution in [0, 0.1) is 12.8 Å². The summed E-state index contributed by atoms with van der Waals surface area (Å²) in [5, 5.41) is 0. The molecule has 2 nitrogen and oxygen atoms in total. The van der Waals surface area contributed by atoms with Crippen LogP contribution in [0.1, 0.15) is 43.7 Å². The molecular weight excluding hydrogens is 316 g/mol. The predicted molar refractivity (Wildman–Crippen MR) is 83.8 cm³/mol. The van der Waals surface area contributed by atoms with Crippen LogP contribution >= 0.6 is 15.9 Å². The lowest BCUT2D eigenvalue weighted by Gasteiger charge is -2.11. The number of hydrogen-bond donors (Lipinski definition) is 0. The molecule has 0 N–H and O–H groups in total. The van der Waals surface area contributed by atoms with Gasteiger partial charge in [-0.25, -0.2) is 0 Å². The van der Waals surface area contributed by atoms with Crippen LogP contribution in [0.2, 0.25) is 0 Å². The molecule has 2 rings (SSSR count). The zero-order chi connectivity index (χ0) is 14.9. The molecule has 0 saturated heterocycles. The van der Waals surface area contributed by atoms with Crippen molar-refractivity contribution in [2.45, 2.75) is 39.5 Å². The van der Waals surface area contributed by atoms with Gasteiger partial charge in [0.1, 0.15) is 11.7 Å². The van der Waals surface area contributed by atoms with E-state index in [1.54, 1.807) is 0 Å². The lowest BCUT2D eigenvalue weighted by atomic mass is 9.92. The average molecular weight is 335 g/mol. The van der Waals surface area contributed by atoms with E-state index < -0.39 is 5.92 Å². The molecule has 1 aliphatic rings. The summed E-state index contributed by atoms with van der Waals surface area (Å²) in [6.07, 6.45) is 3.09. The molecule has 2 atom stereocenters. The van der Waals surface area contributed by atoms with Gasteiger partial charge in [-0.2, -0.15) is 0 Å². The number of ketones is 2. The Hall–Kier alpha value is -1.22. The first-order valence-corrected chi connectivity index (χ1v) is 7.65. The van der Waals surface area contributed by atoms with E-state index in [2.05, 4.69) is 15.9 Å². The topological polar surface area (TPSA) is 34.1 Å². The predicted octanol–water partition coefficient (Wildman–Crippen LogP) is 4.36. The van der Waals surface area contributed by atoms with Gasteiger partial charge in [-0.15, -0.1) is 0 Å². The third-order valence-electron chi connectivity index (χ3n) is 3.73. The Balaban J connectivity index is 2.27. The van der Waals surface area contributed by atoms with Gasteiger partial charge in [-0.1, -0.05) is 39.7 Å². The molecule has 0 aliphatic heterocycles. The minimum Gasteiger partial charge on any atom is -0.298 e. The molecule has 0 heterocycles. The van der Waals surface area contributed by atoms with Crippen molar-refractivity contribution in [3.8, 4) is 0 Å². The lowest BCUT2D eigenvalue weighted by Crippen LogP contribution is -2.15. The van der Waals surface area contributed by atoms with Crippen LogP contribution in [0.25, 0.3) is 0 Å². The number of carbonyl (C=O) groups is 2. The Kier molecular flexibility index (Phi) is 4.59. The van der Waals surface area contributed by atoms with Crippen LogP contribution in [-0.4, -0.2) is 11.6 Å². The number of aryl methyl sites for hydroxylation is 1. The second-order valence-corrected chi connectivity index (χ2v) is 6.60. The van der Waals surface area contributed by atoms with Crippen molar-refractivity contribution in [3.05, 3.63) is 45.4 Å². The maximum Gasteiger partial charge on any atom is 0.151 e. The summed E-state index contributed by atoms with van der Waals surface area (Å²) in [6.45, 7) is 6.01. The number of halogens is 1. The smallest absolute Gasteiger partial charge is 0.151 e. The molecule has 1 aliphatic carbocycles. The Bertz CT molecular complexity index is 583. The summed E-state index contributed by atoms with van der Waals surface area (Å²) in [6, 6.07) is 5.80. The lowest BCUT2D eigenvalue weighted by molar-refractivity contribution is -0.124. The van der Waals surface area contributed by atoms with E-state index in [-0.39, 0.29) is 17.5 Å². The zero-order valence-electron chi connectivity index (χ0n) is 12.1. The molecule has 0 aromatic heterocycles. The van der Waals surface area contributed by atoms with E-state index in [0.29, 0.717) is 12.8 Å². The third kappa shape index (κ3) is 3.09. The average Bonchev–Trinajstić information content (AvgIpc) is 2.63. The number of Topliss-reactive ketones (excluding diaryl/α,β-unsaturated/α-hetero) is 2. The first-order chi connectivity index (χ1) is 9.40. The molecular formula is C17H19BrO2. The van der Waals surface area contributed by atoms with Gasteiger partial charge in [0.15, 0.2) is 5.78 Å². The molecule has 1 fully saturated rings. The molecule has 2 unspecified atom stereocenters. The van der Waals surface area contributed by atoms with Crippen molar-refractivity contribution in [2.24, 2.45) is 5.92 Å². The number of allylic oxidation sites excluding steroid dienone is 2. The molecule has 1 aromatic rings. The fourth-order valence-electron chi connectivity index (χ4n) is 2.63. The molecule has 0 spiro atoms. The van der Waals surface area contributed by atoms with E-state index in [4.69, 9.17) is 0 Å². The number of rotatable bonds is 3. The minimum absolute atomic E-state index is 0.0479. The van der Waals surface area contributed by atoms with Gasteiger partial charge in [-0.3, -0.25) is 9.59 Å². The maximum absolute atomic E-state index is 12.5. The van der Waals surface area contributed by atoms with Crippen molar-refractivity contribution in [1.29, 1.82) is 0 Å². The summed E-state index contributed by atoms with van der Waals surface area (Å²) >= 11 is 3.48. The van der Waals surface area contributed by atoms with Gasteiger partial charge in [-0.05, 0) is 44.4 Å². The second-order valence-electron chi connectivity index (χ2n) is 5.74.